The first-order valence-electron chi connectivity index (χ1n) is 8.05. The second-order valence-corrected chi connectivity index (χ2v) is 5.93. The molecule has 0 aliphatic rings. The van der Waals surface area contributed by atoms with Gasteiger partial charge in [0.25, 0.3) is 5.56 Å². The van der Waals surface area contributed by atoms with Gasteiger partial charge >= 0.3 is 5.97 Å². The van der Waals surface area contributed by atoms with Gasteiger partial charge in [0, 0.05) is 5.56 Å². The standard InChI is InChI=1S/C19H15ClN4O4/c1-28-14-8-6-13(7-9-14)24-18(25)17(20)16(11-22-24)23-21-10-12-4-2-3-5-15(12)19(26)27/h2-11,23H,1H3,(H,26,27)/b21-10-. The smallest absolute Gasteiger partial charge is 0.336 e. The Morgan fingerprint density at radius 2 is 1.96 bits per heavy atom. The molecule has 3 aromatic rings. The molecule has 0 unspecified atom stereocenters. The summed E-state index contributed by atoms with van der Waals surface area (Å²) in [5.41, 5.74) is 3.31. The molecule has 28 heavy (non-hydrogen) atoms. The number of rotatable bonds is 6. The molecule has 0 amide bonds. The minimum Gasteiger partial charge on any atom is -0.497 e. The number of carboxylic acid groups (broad SMARTS) is 1. The quantitative estimate of drug-likeness (QED) is 0.488. The highest BCUT2D eigenvalue weighted by Crippen LogP contribution is 2.18. The lowest BCUT2D eigenvalue weighted by molar-refractivity contribution is 0.0697. The lowest BCUT2D eigenvalue weighted by Crippen LogP contribution is -2.22. The molecule has 0 spiro atoms. The molecule has 1 aromatic heterocycles. The van der Waals surface area contributed by atoms with Crippen LogP contribution in [0.3, 0.4) is 0 Å². The zero-order chi connectivity index (χ0) is 20.1. The fourth-order valence-electron chi connectivity index (χ4n) is 2.39. The Morgan fingerprint density at radius 3 is 2.64 bits per heavy atom. The molecule has 0 bridgehead atoms. The molecule has 0 fully saturated rings. The maximum absolute atomic E-state index is 12.5. The van der Waals surface area contributed by atoms with Gasteiger partial charge in [-0.2, -0.15) is 14.9 Å². The van der Waals surface area contributed by atoms with E-state index in [1.807, 2.05) is 0 Å². The minimum absolute atomic E-state index is 0.102. The molecule has 142 valence electrons. The van der Waals surface area contributed by atoms with Crippen LogP contribution < -0.4 is 15.7 Å². The van der Waals surface area contributed by atoms with Crippen LogP contribution in [-0.2, 0) is 0 Å². The predicted molar refractivity (Wildman–Crippen MR) is 106 cm³/mol. The predicted octanol–water partition coefficient (Wildman–Crippen LogP) is 3.04. The molecule has 0 atom stereocenters. The first-order chi connectivity index (χ1) is 13.5. The van der Waals surface area contributed by atoms with Crippen molar-refractivity contribution in [1.29, 1.82) is 0 Å². The lowest BCUT2D eigenvalue weighted by Gasteiger charge is -2.08. The van der Waals surface area contributed by atoms with E-state index >= 15 is 0 Å². The van der Waals surface area contributed by atoms with Crippen LogP contribution in [-0.4, -0.2) is 34.2 Å². The van der Waals surface area contributed by atoms with Crippen LogP contribution in [0.1, 0.15) is 15.9 Å². The average molecular weight is 399 g/mol. The summed E-state index contributed by atoms with van der Waals surface area (Å²) in [6.07, 6.45) is 2.68. The van der Waals surface area contributed by atoms with Crippen molar-refractivity contribution in [3.8, 4) is 11.4 Å². The Hall–Kier alpha value is -3.65. The van der Waals surface area contributed by atoms with Gasteiger partial charge in [0.2, 0.25) is 0 Å². The summed E-state index contributed by atoms with van der Waals surface area (Å²) in [4.78, 5) is 23.7. The molecule has 0 aliphatic carbocycles. The van der Waals surface area contributed by atoms with Gasteiger partial charge in [0.15, 0.2) is 0 Å². The number of anilines is 1. The molecule has 9 heteroatoms. The van der Waals surface area contributed by atoms with E-state index in [-0.39, 0.29) is 16.3 Å². The SMILES string of the molecule is COc1ccc(-n2ncc(N/N=C\c3ccccc3C(=O)O)c(Cl)c2=O)cc1. The average Bonchev–Trinajstić information content (AvgIpc) is 2.71. The number of carbonyl (C=O) groups is 1. The summed E-state index contributed by atoms with van der Waals surface area (Å²) in [5, 5.41) is 17.1. The Bertz CT molecular complexity index is 1090. The van der Waals surface area contributed by atoms with E-state index < -0.39 is 11.5 Å². The number of ether oxygens (including phenoxy) is 1. The lowest BCUT2D eigenvalue weighted by atomic mass is 10.1. The Kier molecular flexibility index (Phi) is 5.71. The number of nitrogens with zero attached hydrogens (tertiary/aromatic N) is 3. The first kappa shape index (κ1) is 19.1. The maximum Gasteiger partial charge on any atom is 0.336 e. The van der Waals surface area contributed by atoms with Crippen molar-refractivity contribution in [3.63, 3.8) is 0 Å². The van der Waals surface area contributed by atoms with Gasteiger partial charge in [-0.15, -0.1) is 0 Å². The van der Waals surface area contributed by atoms with E-state index in [9.17, 15) is 9.59 Å². The van der Waals surface area contributed by atoms with E-state index in [2.05, 4.69) is 15.6 Å². The van der Waals surface area contributed by atoms with Crippen LogP contribution in [0.2, 0.25) is 5.02 Å². The summed E-state index contributed by atoms with van der Waals surface area (Å²) < 4.78 is 6.23. The molecule has 3 rings (SSSR count). The van der Waals surface area contributed by atoms with Crippen LogP contribution in [0.15, 0.2) is 64.6 Å². The molecule has 0 radical (unpaired) electrons. The monoisotopic (exact) mass is 398 g/mol. The number of halogens is 1. The topological polar surface area (TPSA) is 106 Å². The van der Waals surface area contributed by atoms with Crippen LogP contribution >= 0.6 is 11.6 Å². The van der Waals surface area contributed by atoms with Gasteiger partial charge in [-0.3, -0.25) is 10.2 Å². The van der Waals surface area contributed by atoms with Crippen molar-refractivity contribution in [1.82, 2.24) is 9.78 Å². The van der Waals surface area contributed by atoms with Crippen molar-refractivity contribution in [2.75, 3.05) is 12.5 Å². The van der Waals surface area contributed by atoms with Gasteiger partial charge < -0.3 is 9.84 Å². The van der Waals surface area contributed by atoms with Crippen molar-refractivity contribution >= 4 is 29.5 Å². The van der Waals surface area contributed by atoms with Crippen molar-refractivity contribution in [2.24, 2.45) is 5.10 Å². The highest BCUT2D eigenvalue weighted by molar-refractivity contribution is 6.32. The van der Waals surface area contributed by atoms with E-state index in [1.54, 1.807) is 49.6 Å². The summed E-state index contributed by atoms with van der Waals surface area (Å²) in [7, 11) is 1.55. The van der Waals surface area contributed by atoms with Crippen LogP contribution in [0.25, 0.3) is 5.69 Å². The summed E-state index contributed by atoms with van der Waals surface area (Å²) >= 11 is 6.14. The molecule has 2 N–H and O–H groups in total. The fourth-order valence-corrected chi connectivity index (χ4v) is 2.56. The van der Waals surface area contributed by atoms with Crippen LogP contribution in [0, 0.1) is 0 Å². The number of benzene rings is 2. The number of aromatic nitrogens is 2. The molecular formula is C19H15ClN4O4. The third-order valence-corrected chi connectivity index (χ3v) is 4.18. The third kappa shape index (κ3) is 4.02. The van der Waals surface area contributed by atoms with Crippen LogP contribution in [0.4, 0.5) is 5.69 Å². The van der Waals surface area contributed by atoms with Crippen molar-refractivity contribution in [3.05, 3.63) is 81.2 Å². The normalized spacial score (nSPS) is 10.8. The molecule has 8 nitrogen and oxygen atoms in total. The Labute approximate surface area is 164 Å². The minimum atomic E-state index is -1.07. The van der Waals surface area contributed by atoms with Crippen molar-refractivity contribution < 1.29 is 14.6 Å². The number of hydrogen-bond donors (Lipinski definition) is 2. The van der Waals surface area contributed by atoms with Gasteiger partial charge in [0.05, 0.1) is 30.8 Å². The van der Waals surface area contributed by atoms with Gasteiger partial charge in [-0.25, -0.2) is 4.79 Å². The Morgan fingerprint density at radius 1 is 1.25 bits per heavy atom. The first-order valence-corrected chi connectivity index (χ1v) is 8.42. The second kappa shape index (κ2) is 8.36. The van der Waals surface area contributed by atoms with Gasteiger partial charge in [-0.05, 0) is 30.3 Å². The Balaban J connectivity index is 1.83. The molecule has 0 saturated carbocycles. The van der Waals surface area contributed by atoms with Crippen molar-refractivity contribution in [2.45, 2.75) is 0 Å². The molecule has 0 saturated heterocycles. The van der Waals surface area contributed by atoms with E-state index in [0.717, 1.165) is 4.68 Å². The number of hydrogen-bond acceptors (Lipinski definition) is 6. The summed E-state index contributed by atoms with van der Waals surface area (Å²) in [5.74, 6) is -0.416. The number of methoxy groups -OCH3 is 1. The molecule has 1 heterocycles. The van der Waals surface area contributed by atoms with E-state index in [1.165, 1.54) is 18.5 Å². The zero-order valence-electron chi connectivity index (χ0n) is 14.7. The number of carboxylic acids is 1. The highest BCUT2D eigenvalue weighted by Gasteiger charge is 2.11. The second-order valence-electron chi connectivity index (χ2n) is 5.55. The molecule has 0 aliphatic heterocycles. The number of aromatic carboxylic acids is 1. The highest BCUT2D eigenvalue weighted by atomic mass is 35.5. The summed E-state index contributed by atoms with van der Waals surface area (Å²) in [6, 6.07) is 13.1. The van der Waals surface area contributed by atoms with E-state index in [4.69, 9.17) is 21.4 Å². The fraction of sp³-hybridized carbons (Fsp3) is 0.0526. The molecular weight excluding hydrogens is 384 g/mol. The zero-order valence-corrected chi connectivity index (χ0v) is 15.4. The van der Waals surface area contributed by atoms with Crippen LogP contribution in [0.5, 0.6) is 5.75 Å². The molecule has 2 aromatic carbocycles. The number of nitrogens with one attached hydrogen (secondary N) is 1. The van der Waals surface area contributed by atoms with Gasteiger partial charge in [0.1, 0.15) is 16.5 Å². The maximum atomic E-state index is 12.5. The van der Waals surface area contributed by atoms with E-state index in [0.29, 0.717) is 17.0 Å². The number of hydrazone groups is 1. The largest absolute Gasteiger partial charge is 0.497 e. The van der Waals surface area contributed by atoms with Gasteiger partial charge in [-0.1, -0.05) is 29.8 Å². The third-order valence-electron chi connectivity index (χ3n) is 3.82. The summed E-state index contributed by atoms with van der Waals surface area (Å²) in [6.45, 7) is 0.